The van der Waals surface area contributed by atoms with Crippen molar-refractivity contribution in [3.63, 3.8) is 0 Å². The quantitative estimate of drug-likeness (QED) is 0.354. The molecule has 5 rings (SSSR count). The molecule has 1 amide bonds. The molecule has 1 saturated heterocycles. The van der Waals surface area contributed by atoms with Crippen LogP contribution in [-0.4, -0.2) is 44.7 Å². The zero-order valence-corrected chi connectivity index (χ0v) is 23.5. The highest BCUT2D eigenvalue weighted by molar-refractivity contribution is 6.56. The Morgan fingerprint density at radius 3 is 2.10 bits per heavy atom. The van der Waals surface area contributed by atoms with E-state index in [9.17, 15) is 4.79 Å². The Hall–Kier alpha value is -3.55. The van der Waals surface area contributed by atoms with Crippen LogP contribution in [0.4, 0.5) is 4.79 Å². The number of methoxy groups -OCH3 is 1. The van der Waals surface area contributed by atoms with Gasteiger partial charge in [0, 0.05) is 12.5 Å². The van der Waals surface area contributed by atoms with Crippen LogP contribution in [0, 0.1) is 6.92 Å². The summed E-state index contributed by atoms with van der Waals surface area (Å²) in [5.41, 5.74) is 6.53. The van der Waals surface area contributed by atoms with Crippen molar-refractivity contribution in [3.05, 3.63) is 94.5 Å². The summed E-state index contributed by atoms with van der Waals surface area (Å²) in [6, 6.07) is 22.5. The fourth-order valence-electron chi connectivity index (χ4n) is 5.23. The monoisotopic (exact) mass is 525 g/mol. The zero-order valence-electron chi connectivity index (χ0n) is 23.5. The molecule has 1 aliphatic heterocycles. The van der Waals surface area contributed by atoms with Gasteiger partial charge in [0.15, 0.2) is 0 Å². The van der Waals surface area contributed by atoms with Crippen molar-refractivity contribution in [2.24, 2.45) is 0 Å². The number of alkyl carbamates (subject to hydrolysis) is 1. The van der Waals surface area contributed by atoms with Gasteiger partial charge in [-0.3, -0.25) is 0 Å². The van der Waals surface area contributed by atoms with Crippen LogP contribution in [0.1, 0.15) is 55.9 Å². The third-order valence-corrected chi connectivity index (χ3v) is 8.11. The van der Waals surface area contributed by atoms with E-state index in [1.165, 1.54) is 22.3 Å². The molecule has 202 valence electrons. The predicted octanol–water partition coefficient (Wildman–Crippen LogP) is 6.56. The largest absolute Gasteiger partial charge is 0.496 e. The first-order chi connectivity index (χ1) is 18.6. The summed E-state index contributed by atoms with van der Waals surface area (Å²) in [6.45, 7) is 10.5. The van der Waals surface area contributed by atoms with E-state index < -0.39 is 24.4 Å². The van der Waals surface area contributed by atoms with E-state index in [4.69, 9.17) is 18.8 Å². The molecule has 0 spiro atoms. The molecule has 6 nitrogen and oxygen atoms in total. The molecule has 3 aromatic carbocycles. The summed E-state index contributed by atoms with van der Waals surface area (Å²) in [6.07, 6.45) is 1.52. The van der Waals surface area contributed by atoms with Gasteiger partial charge in [-0.25, -0.2) is 4.79 Å². The topological polar surface area (TPSA) is 66.0 Å². The van der Waals surface area contributed by atoms with Gasteiger partial charge in [0.2, 0.25) is 0 Å². The van der Waals surface area contributed by atoms with Crippen molar-refractivity contribution in [2.75, 3.05) is 20.3 Å². The Labute approximate surface area is 231 Å². The minimum absolute atomic E-state index is 0.00327. The maximum absolute atomic E-state index is 12.9. The van der Waals surface area contributed by atoms with Gasteiger partial charge in [-0.15, -0.1) is 0 Å². The molecule has 0 bridgehead atoms. The van der Waals surface area contributed by atoms with E-state index in [1.807, 2.05) is 83.2 Å². The smallest absolute Gasteiger partial charge is 0.492 e. The number of carbonyl (C=O) groups is 1. The van der Waals surface area contributed by atoms with Gasteiger partial charge in [-0.05, 0) is 85.6 Å². The molecule has 39 heavy (non-hydrogen) atoms. The summed E-state index contributed by atoms with van der Waals surface area (Å²) < 4.78 is 23.8. The first-order valence-electron chi connectivity index (χ1n) is 13.4. The van der Waals surface area contributed by atoms with E-state index in [2.05, 4.69) is 29.6 Å². The van der Waals surface area contributed by atoms with Crippen molar-refractivity contribution >= 4 is 19.3 Å². The predicted molar refractivity (Wildman–Crippen MR) is 155 cm³/mol. The Kier molecular flexibility index (Phi) is 7.32. The van der Waals surface area contributed by atoms with E-state index in [0.717, 1.165) is 22.3 Å². The number of ether oxygens (including phenoxy) is 2. The minimum atomic E-state index is -0.605. The molecule has 1 aliphatic carbocycles. The maximum Gasteiger partial charge on any atom is 0.492 e. The number of hydrogen-bond acceptors (Lipinski definition) is 5. The third kappa shape index (κ3) is 5.34. The zero-order chi connectivity index (χ0) is 27.8. The van der Waals surface area contributed by atoms with Crippen molar-refractivity contribution in [1.29, 1.82) is 0 Å². The van der Waals surface area contributed by atoms with Crippen LogP contribution in [0.5, 0.6) is 5.75 Å². The van der Waals surface area contributed by atoms with Gasteiger partial charge in [0.05, 0.1) is 18.3 Å². The second-order valence-corrected chi connectivity index (χ2v) is 11.2. The standard InChI is InChI=1S/C32H36BNO5/c1-21-17-22(15-16-29(21)36-6)18-23(33-38-31(2,3)32(4,5)39-33)19-34-30(35)37-20-28-26-13-9-7-11-24(26)25-12-8-10-14-27(25)28/h7-18,28H,19-20H2,1-6H3,(H,34,35). The van der Waals surface area contributed by atoms with Gasteiger partial charge >= 0.3 is 13.2 Å². The lowest BCUT2D eigenvalue weighted by atomic mass is 9.77. The lowest BCUT2D eigenvalue weighted by Gasteiger charge is -2.32. The first kappa shape index (κ1) is 27.0. The lowest BCUT2D eigenvalue weighted by molar-refractivity contribution is 0.00578. The van der Waals surface area contributed by atoms with Crippen LogP contribution in [0.25, 0.3) is 17.2 Å². The molecule has 0 aromatic heterocycles. The molecule has 0 saturated carbocycles. The molecule has 7 heteroatoms. The molecule has 3 aromatic rings. The Bertz CT molecular complexity index is 1350. The van der Waals surface area contributed by atoms with Crippen LogP contribution < -0.4 is 10.1 Å². The van der Waals surface area contributed by atoms with E-state index >= 15 is 0 Å². The molecule has 0 atom stereocenters. The number of rotatable bonds is 7. The van der Waals surface area contributed by atoms with Crippen molar-refractivity contribution in [3.8, 4) is 16.9 Å². The van der Waals surface area contributed by atoms with Crippen LogP contribution in [-0.2, 0) is 14.0 Å². The highest BCUT2D eigenvalue weighted by atomic mass is 16.7. The van der Waals surface area contributed by atoms with Crippen molar-refractivity contribution < 1.29 is 23.6 Å². The van der Waals surface area contributed by atoms with Gasteiger partial charge in [0.25, 0.3) is 0 Å². The van der Waals surface area contributed by atoms with Crippen LogP contribution in [0.15, 0.2) is 72.2 Å². The molecular formula is C32H36BNO5. The highest BCUT2D eigenvalue weighted by Gasteiger charge is 2.52. The number of fused-ring (bicyclic) bond motifs is 3. The number of carbonyl (C=O) groups excluding carboxylic acids is 1. The van der Waals surface area contributed by atoms with Crippen LogP contribution >= 0.6 is 0 Å². The second-order valence-electron chi connectivity index (χ2n) is 11.2. The van der Waals surface area contributed by atoms with Crippen molar-refractivity contribution in [1.82, 2.24) is 5.32 Å². The molecule has 1 N–H and O–H groups in total. The molecule has 1 heterocycles. The van der Waals surface area contributed by atoms with Gasteiger partial charge < -0.3 is 24.1 Å². The number of aryl methyl sites for hydroxylation is 1. The highest BCUT2D eigenvalue weighted by Crippen LogP contribution is 2.44. The lowest BCUT2D eigenvalue weighted by Crippen LogP contribution is -2.41. The summed E-state index contributed by atoms with van der Waals surface area (Å²) in [7, 11) is 1.05. The Morgan fingerprint density at radius 1 is 0.949 bits per heavy atom. The van der Waals surface area contributed by atoms with Crippen LogP contribution in [0.2, 0.25) is 0 Å². The molecular weight excluding hydrogens is 489 g/mol. The fourth-order valence-corrected chi connectivity index (χ4v) is 5.23. The SMILES string of the molecule is COc1ccc(C=C(CNC(=O)OCC2c3ccccc3-c3ccccc32)B2OC(C)(C)C(C)(C)O2)cc1C. The minimum Gasteiger partial charge on any atom is -0.496 e. The number of benzene rings is 3. The Morgan fingerprint density at radius 2 is 1.54 bits per heavy atom. The van der Waals surface area contributed by atoms with E-state index in [0.29, 0.717) is 0 Å². The summed E-state index contributed by atoms with van der Waals surface area (Å²) in [4.78, 5) is 12.9. The average molecular weight is 525 g/mol. The van der Waals surface area contributed by atoms with Gasteiger partial charge in [-0.2, -0.15) is 0 Å². The van der Waals surface area contributed by atoms with Crippen LogP contribution in [0.3, 0.4) is 0 Å². The number of hydrogen-bond donors (Lipinski definition) is 1. The first-order valence-corrected chi connectivity index (χ1v) is 13.4. The van der Waals surface area contributed by atoms with E-state index in [-0.39, 0.29) is 19.1 Å². The van der Waals surface area contributed by atoms with Gasteiger partial charge in [-0.1, -0.05) is 60.7 Å². The molecule has 1 fully saturated rings. The summed E-state index contributed by atoms with van der Waals surface area (Å²) in [5.74, 6) is 0.824. The summed E-state index contributed by atoms with van der Waals surface area (Å²) >= 11 is 0. The Balaban J connectivity index is 1.31. The maximum atomic E-state index is 12.9. The number of nitrogens with one attached hydrogen (secondary N) is 1. The molecule has 2 aliphatic rings. The second kappa shape index (κ2) is 10.6. The van der Waals surface area contributed by atoms with Crippen molar-refractivity contribution in [2.45, 2.75) is 51.7 Å². The number of amides is 1. The third-order valence-electron chi connectivity index (χ3n) is 8.11. The summed E-state index contributed by atoms with van der Waals surface area (Å²) in [5, 5.41) is 2.93. The van der Waals surface area contributed by atoms with E-state index in [1.54, 1.807) is 7.11 Å². The molecule has 0 unspecified atom stereocenters. The fraction of sp³-hybridized carbons (Fsp3) is 0.344. The normalized spacial score (nSPS) is 17.5. The molecule has 0 radical (unpaired) electrons. The average Bonchev–Trinajstić information content (AvgIpc) is 3.34. The van der Waals surface area contributed by atoms with Gasteiger partial charge in [0.1, 0.15) is 12.4 Å².